The third-order valence-corrected chi connectivity index (χ3v) is 5.50. The van der Waals surface area contributed by atoms with E-state index in [-0.39, 0.29) is 17.9 Å². The average molecular weight is 332 g/mol. The molecule has 0 N–H and O–H groups in total. The molecule has 0 saturated carbocycles. The van der Waals surface area contributed by atoms with Crippen molar-refractivity contribution < 1.29 is 9.32 Å². The Kier molecular flexibility index (Phi) is 7.35. The average Bonchev–Trinajstić information content (AvgIpc) is 2.29. The summed E-state index contributed by atoms with van der Waals surface area (Å²) < 4.78 is 7.72. The van der Waals surface area contributed by atoms with Gasteiger partial charge in [0.15, 0.2) is 0 Å². The maximum absolute atomic E-state index is 11.5. The highest BCUT2D eigenvalue weighted by Gasteiger charge is 2.32. The molecule has 1 heterocycles. The molecule has 0 amide bonds. The van der Waals surface area contributed by atoms with Gasteiger partial charge in [0.25, 0.3) is 0 Å². The van der Waals surface area contributed by atoms with Crippen LogP contribution in [-0.2, 0) is 9.32 Å². The van der Waals surface area contributed by atoms with Gasteiger partial charge in [0.2, 0.25) is 0 Å². The number of alkyl halides is 1. The van der Waals surface area contributed by atoms with Crippen LogP contribution in [0.15, 0.2) is 0 Å². The Morgan fingerprint density at radius 3 is 2.93 bits per heavy atom. The Balaban J connectivity index is 2.61. The summed E-state index contributed by atoms with van der Waals surface area (Å²) >= 11 is 3.21. The van der Waals surface area contributed by atoms with Crippen LogP contribution in [0.3, 0.4) is 0 Å². The predicted molar refractivity (Wildman–Crippen MR) is 75.8 cm³/mol. The van der Waals surface area contributed by atoms with Crippen LogP contribution in [0.4, 0.5) is 0 Å². The van der Waals surface area contributed by atoms with E-state index in [1.165, 1.54) is 0 Å². The van der Waals surface area contributed by atoms with Gasteiger partial charge in [-0.3, -0.25) is 9.46 Å². The van der Waals surface area contributed by atoms with Crippen LogP contribution in [0.1, 0.15) is 19.3 Å². The monoisotopic (exact) mass is 331 g/mol. The molecule has 3 unspecified atom stereocenters. The number of hydrogen-bond donors (Lipinski definition) is 0. The summed E-state index contributed by atoms with van der Waals surface area (Å²) in [7, 11) is 5.75. The second-order valence-electron chi connectivity index (χ2n) is 3.58. The van der Waals surface area contributed by atoms with E-state index in [0.29, 0.717) is 20.2 Å². The number of carbonyl (C=O) groups excluding carboxylic acids is 1. The smallest absolute Gasteiger partial charge is 0.145 e. The van der Waals surface area contributed by atoms with Crippen LogP contribution in [-0.4, -0.2) is 34.5 Å². The predicted octanol–water partition coefficient (Wildman–Crippen LogP) is 2.36. The van der Waals surface area contributed by atoms with E-state index in [0.717, 1.165) is 19.4 Å². The number of ketones is 1. The second-order valence-corrected chi connectivity index (χ2v) is 6.02. The molecular formula is C8H17BrNO2P3. The van der Waals surface area contributed by atoms with E-state index in [9.17, 15) is 4.79 Å². The normalized spacial score (nSPS) is 28.7. The van der Waals surface area contributed by atoms with Crippen molar-refractivity contribution >= 4 is 48.5 Å². The van der Waals surface area contributed by atoms with E-state index in [1.54, 1.807) is 0 Å². The maximum atomic E-state index is 11.5. The van der Waals surface area contributed by atoms with Crippen molar-refractivity contribution in [1.29, 1.82) is 0 Å². The summed E-state index contributed by atoms with van der Waals surface area (Å²) in [6, 6.07) is 0.247. The van der Waals surface area contributed by atoms with Crippen molar-refractivity contribution in [3.8, 4) is 0 Å². The highest BCUT2D eigenvalue weighted by molar-refractivity contribution is 9.09. The van der Waals surface area contributed by atoms with Crippen LogP contribution >= 0.6 is 42.7 Å². The Morgan fingerprint density at radius 1 is 1.67 bits per heavy atom. The molecule has 88 valence electrons. The van der Waals surface area contributed by atoms with Gasteiger partial charge in [-0.25, -0.2) is 0 Å². The molecule has 0 aromatic heterocycles. The fourth-order valence-corrected chi connectivity index (χ4v) is 4.11. The molecule has 0 aliphatic carbocycles. The van der Waals surface area contributed by atoms with Gasteiger partial charge in [-0.15, -0.1) is 0 Å². The van der Waals surface area contributed by atoms with Gasteiger partial charge in [-0.05, 0) is 21.3 Å². The lowest BCUT2D eigenvalue weighted by Gasteiger charge is -2.39. The Bertz CT molecular complexity index is 208. The van der Waals surface area contributed by atoms with Crippen LogP contribution in [0.5, 0.6) is 0 Å². The topological polar surface area (TPSA) is 29.5 Å². The first kappa shape index (κ1) is 14.4. The number of rotatable bonds is 5. The van der Waals surface area contributed by atoms with Crippen molar-refractivity contribution in [2.24, 2.45) is 0 Å². The van der Waals surface area contributed by atoms with Gasteiger partial charge in [-0.2, -0.15) is 0 Å². The molecule has 0 aromatic carbocycles. The zero-order chi connectivity index (χ0) is 11.3. The fourth-order valence-electron chi connectivity index (χ4n) is 1.87. The first-order valence-corrected chi connectivity index (χ1v) is 9.24. The van der Waals surface area contributed by atoms with Crippen LogP contribution in [0.25, 0.3) is 0 Å². The molecule has 5 atom stereocenters. The van der Waals surface area contributed by atoms with Crippen molar-refractivity contribution in [1.82, 2.24) is 4.67 Å². The zero-order valence-electron chi connectivity index (χ0n) is 8.49. The number of halogens is 1. The van der Waals surface area contributed by atoms with Gasteiger partial charge >= 0.3 is 0 Å². The number of hydrogen-bond acceptors (Lipinski definition) is 3. The Hall–Kier alpha value is 1.36. The van der Waals surface area contributed by atoms with Gasteiger partial charge < -0.3 is 4.52 Å². The maximum Gasteiger partial charge on any atom is 0.145 e. The number of Topliss-reactive ketones (excluding diaryl/α,β-unsaturated/α-hetero) is 1. The van der Waals surface area contributed by atoms with Crippen molar-refractivity contribution in [2.75, 3.05) is 11.9 Å². The van der Waals surface area contributed by atoms with Crippen LogP contribution < -0.4 is 0 Å². The number of carbonyl (C=O) groups is 1. The SMILES string of the molecule is O=C(CBr)C[C@@H]1[C@@H](OP)CCCN1PP. The molecular weight excluding hydrogens is 315 g/mol. The largest absolute Gasteiger partial charge is 0.361 e. The van der Waals surface area contributed by atoms with E-state index < -0.39 is 0 Å². The molecule has 15 heavy (non-hydrogen) atoms. The molecule has 1 aliphatic rings. The molecule has 1 fully saturated rings. The lowest BCUT2D eigenvalue weighted by Crippen LogP contribution is -2.45. The summed E-state index contributed by atoms with van der Waals surface area (Å²) in [6.45, 7) is 1.08. The minimum Gasteiger partial charge on any atom is -0.361 e. The van der Waals surface area contributed by atoms with Gasteiger partial charge in [-0.1, -0.05) is 24.9 Å². The van der Waals surface area contributed by atoms with Crippen molar-refractivity contribution in [3.05, 3.63) is 0 Å². The highest BCUT2D eigenvalue weighted by Crippen LogP contribution is 2.36. The lowest BCUT2D eigenvalue weighted by atomic mass is 9.97. The minimum atomic E-state index is 0.180. The fraction of sp³-hybridized carbons (Fsp3) is 0.875. The molecule has 7 heteroatoms. The first-order valence-electron chi connectivity index (χ1n) is 4.89. The van der Waals surface area contributed by atoms with Gasteiger partial charge in [0, 0.05) is 28.5 Å². The van der Waals surface area contributed by atoms with E-state index in [4.69, 9.17) is 4.52 Å². The summed E-state index contributed by atoms with van der Waals surface area (Å²) in [6.07, 6.45) is 2.97. The molecule has 1 aliphatic heterocycles. The first-order chi connectivity index (χ1) is 7.22. The second kappa shape index (κ2) is 7.64. The molecule has 3 nitrogen and oxygen atoms in total. The number of nitrogens with zero attached hydrogens (tertiary/aromatic N) is 1. The number of piperidine rings is 1. The standard InChI is InChI=1S/C8H17BrNO2P3/c9-5-6(11)4-7-8(12-13)2-1-3-10(7)15-14/h7-8,15H,1-5,13-14H2/t7-,8+/m1/s1. The lowest BCUT2D eigenvalue weighted by molar-refractivity contribution is -0.118. The summed E-state index contributed by atoms with van der Waals surface area (Å²) in [5.41, 5.74) is 0. The quantitative estimate of drug-likeness (QED) is 0.572. The van der Waals surface area contributed by atoms with E-state index >= 15 is 0 Å². The minimum absolute atomic E-state index is 0.180. The summed E-state index contributed by atoms with van der Waals surface area (Å²) in [4.78, 5) is 11.5. The molecule has 0 bridgehead atoms. The van der Waals surface area contributed by atoms with Gasteiger partial charge in [0.1, 0.15) is 5.78 Å². The summed E-state index contributed by atoms with van der Waals surface area (Å²) in [5.74, 6) is 0.252. The molecule has 1 rings (SSSR count). The molecule has 0 radical (unpaired) electrons. The van der Waals surface area contributed by atoms with Gasteiger partial charge in [0.05, 0.1) is 11.4 Å². The summed E-state index contributed by atoms with van der Waals surface area (Å²) in [5, 5.41) is 0.445. The van der Waals surface area contributed by atoms with Crippen molar-refractivity contribution in [2.45, 2.75) is 31.4 Å². The van der Waals surface area contributed by atoms with Crippen LogP contribution in [0, 0.1) is 0 Å². The Morgan fingerprint density at radius 2 is 2.40 bits per heavy atom. The van der Waals surface area contributed by atoms with E-state index in [2.05, 4.69) is 39.0 Å². The molecule has 0 aromatic rings. The third-order valence-electron chi connectivity index (χ3n) is 2.64. The molecule has 1 saturated heterocycles. The zero-order valence-corrected chi connectivity index (χ0v) is 13.4. The highest BCUT2D eigenvalue weighted by atomic mass is 79.9. The van der Waals surface area contributed by atoms with Crippen molar-refractivity contribution in [3.63, 3.8) is 0 Å². The Labute approximate surface area is 106 Å². The third kappa shape index (κ3) is 4.26. The van der Waals surface area contributed by atoms with Crippen LogP contribution in [0.2, 0.25) is 0 Å². The van der Waals surface area contributed by atoms with E-state index in [1.807, 2.05) is 0 Å². The molecule has 0 spiro atoms.